The maximum atomic E-state index is 12.8. The van der Waals surface area contributed by atoms with Crippen molar-refractivity contribution >= 4 is 23.4 Å². The molecular formula is C23H33N4O2S+. The minimum Gasteiger partial charge on any atom is -0.335 e. The molecule has 2 N–H and O–H groups in total. The van der Waals surface area contributed by atoms with E-state index in [-0.39, 0.29) is 17.3 Å². The highest BCUT2D eigenvalue weighted by molar-refractivity contribution is 8.00. The Kier molecular flexibility index (Phi) is 8.51. The van der Waals surface area contributed by atoms with E-state index in [1.165, 1.54) is 17.3 Å². The fourth-order valence-electron chi connectivity index (χ4n) is 4.04. The number of benzene rings is 1. The molecule has 6 nitrogen and oxygen atoms in total. The third-order valence-electron chi connectivity index (χ3n) is 5.76. The molecule has 162 valence electrons. The van der Waals surface area contributed by atoms with Crippen molar-refractivity contribution in [2.45, 2.75) is 57.5 Å². The smallest absolute Gasteiger partial charge is 0.335 e. The number of rotatable bonds is 10. The Hall–Kier alpha value is -2.12. The summed E-state index contributed by atoms with van der Waals surface area (Å²) in [5, 5.41) is 3.63. The molecule has 1 aliphatic rings. The molecule has 7 heteroatoms. The van der Waals surface area contributed by atoms with Crippen LogP contribution in [-0.2, 0) is 24.2 Å². The molecule has 1 heterocycles. The highest BCUT2D eigenvalue weighted by Gasteiger charge is 2.21. The molecule has 0 bridgehead atoms. The standard InChI is InChI=1S/C23H32N4O2S/c1-3-26(4-2)15-10-16-27-20-14-9-8-13-19(20)22(25-23(27)29)30-17-21(28)24-18-11-6-5-7-12-18/h5-7,11-12H,3-4,8-10,13-17H2,1-2H3,(H,24,28)/p+1. The Morgan fingerprint density at radius 1 is 1.17 bits per heavy atom. The molecule has 2 aromatic rings. The number of anilines is 1. The molecule has 3 rings (SSSR count). The molecule has 1 aromatic heterocycles. The quantitative estimate of drug-likeness (QED) is 0.449. The molecule has 1 aromatic carbocycles. The van der Waals surface area contributed by atoms with Gasteiger partial charge in [0.1, 0.15) is 5.03 Å². The molecule has 0 spiro atoms. The summed E-state index contributed by atoms with van der Waals surface area (Å²) in [6, 6.07) is 9.43. The second-order valence-corrected chi connectivity index (χ2v) is 8.71. The number of carbonyl (C=O) groups is 1. The van der Waals surface area contributed by atoms with Gasteiger partial charge in [-0.3, -0.25) is 9.36 Å². The number of amides is 1. The molecule has 0 fully saturated rings. The lowest BCUT2D eigenvalue weighted by Crippen LogP contribution is -3.11. The number of para-hydroxylation sites is 1. The van der Waals surface area contributed by atoms with Crippen LogP contribution in [0.5, 0.6) is 0 Å². The first-order chi connectivity index (χ1) is 14.6. The summed E-state index contributed by atoms with van der Waals surface area (Å²) in [6.07, 6.45) is 5.06. The van der Waals surface area contributed by atoms with Crippen molar-refractivity contribution in [3.8, 4) is 0 Å². The van der Waals surface area contributed by atoms with Crippen molar-refractivity contribution in [3.63, 3.8) is 0 Å². The summed E-state index contributed by atoms with van der Waals surface area (Å²) in [5.74, 6) is 0.173. The first-order valence-electron chi connectivity index (χ1n) is 11.1. The van der Waals surface area contributed by atoms with Gasteiger partial charge in [-0.25, -0.2) is 4.79 Å². The fourth-order valence-corrected chi connectivity index (χ4v) is 4.92. The third-order valence-corrected chi connectivity index (χ3v) is 6.78. The van der Waals surface area contributed by atoms with Crippen LogP contribution < -0.4 is 15.9 Å². The predicted molar refractivity (Wildman–Crippen MR) is 122 cm³/mol. The van der Waals surface area contributed by atoms with Crippen LogP contribution in [-0.4, -0.2) is 40.8 Å². The lowest BCUT2D eigenvalue weighted by Gasteiger charge is -2.23. The summed E-state index contributed by atoms with van der Waals surface area (Å²) in [5.41, 5.74) is 2.93. The van der Waals surface area contributed by atoms with Gasteiger partial charge in [-0.15, -0.1) is 0 Å². The lowest BCUT2D eigenvalue weighted by atomic mass is 9.97. The number of hydrogen-bond acceptors (Lipinski definition) is 4. The zero-order valence-electron chi connectivity index (χ0n) is 18.1. The van der Waals surface area contributed by atoms with Crippen molar-refractivity contribution in [1.29, 1.82) is 0 Å². The van der Waals surface area contributed by atoms with Crippen molar-refractivity contribution < 1.29 is 9.69 Å². The van der Waals surface area contributed by atoms with E-state index < -0.39 is 0 Å². The Labute approximate surface area is 183 Å². The number of quaternary nitrogens is 1. The van der Waals surface area contributed by atoms with E-state index in [9.17, 15) is 9.59 Å². The third kappa shape index (κ3) is 5.95. The number of fused-ring (bicyclic) bond motifs is 1. The molecule has 1 amide bonds. The van der Waals surface area contributed by atoms with Gasteiger partial charge in [-0.1, -0.05) is 30.0 Å². The zero-order valence-corrected chi connectivity index (χ0v) is 18.9. The summed E-state index contributed by atoms with van der Waals surface area (Å²) in [6.45, 7) is 8.44. The molecule has 0 atom stereocenters. The molecule has 30 heavy (non-hydrogen) atoms. The van der Waals surface area contributed by atoms with E-state index in [2.05, 4.69) is 24.1 Å². The van der Waals surface area contributed by atoms with Gasteiger partial charge < -0.3 is 10.2 Å². The van der Waals surface area contributed by atoms with Crippen LogP contribution in [0.25, 0.3) is 0 Å². The van der Waals surface area contributed by atoms with Crippen molar-refractivity contribution in [2.24, 2.45) is 0 Å². The van der Waals surface area contributed by atoms with E-state index in [1.54, 1.807) is 4.90 Å². The maximum Gasteiger partial charge on any atom is 0.348 e. The topological polar surface area (TPSA) is 68.4 Å². The number of hydrogen-bond donors (Lipinski definition) is 2. The second kappa shape index (κ2) is 11.3. The Bertz CT molecular complexity index is 894. The number of nitrogens with zero attached hydrogens (tertiary/aromatic N) is 2. The van der Waals surface area contributed by atoms with E-state index in [4.69, 9.17) is 0 Å². The lowest BCUT2D eigenvalue weighted by molar-refractivity contribution is -0.896. The zero-order chi connectivity index (χ0) is 21.3. The monoisotopic (exact) mass is 429 g/mol. The Morgan fingerprint density at radius 2 is 1.90 bits per heavy atom. The Morgan fingerprint density at radius 3 is 2.63 bits per heavy atom. The van der Waals surface area contributed by atoms with Gasteiger partial charge in [-0.2, -0.15) is 4.98 Å². The molecule has 0 saturated carbocycles. The van der Waals surface area contributed by atoms with Crippen LogP contribution in [0.15, 0.2) is 40.2 Å². The summed E-state index contributed by atoms with van der Waals surface area (Å²) < 4.78 is 1.89. The van der Waals surface area contributed by atoms with Gasteiger partial charge in [0.25, 0.3) is 0 Å². The summed E-state index contributed by atoms with van der Waals surface area (Å²) >= 11 is 1.38. The minimum atomic E-state index is -0.170. The number of carbonyl (C=O) groups excluding carboxylic acids is 1. The fraction of sp³-hybridized carbons (Fsp3) is 0.522. The summed E-state index contributed by atoms with van der Waals surface area (Å²) in [7, 11) is 0. The van der Waals surface area contributed by atoms with Gasteiger partial charge in [0.05, 0.1) is 25.4 Å². The van der Waals surface area contributed by atoms with Gasteiger partial charge in [0.15, 0.2) is 0 Å². The highest BCUT2D eigenvalue weighted by atomic mass is 32.2. The average molecular weight is 430 g/mol. The first-order valence-corrected chi connectivity index (χ1v) is 12.0. The number of thioether (sulfide) groups is 1. The molecule has 1 aliphatic carbocycles. The summed E-state index contributed by atoms with van der Waals surface area (Å²) in [4.78, 5) is 31.1. The van der Waals surface area contributed by atoms with Gasteiger partial charge in [0, 0.05) is 29.9 Å². The van der Waals surface area contributed by atoms with E-state index in [0.717, 1.165) is 74.7 Å². The van der Waals surface area contributed by atoms with E-state index in [1.807, 2.05) is 34.9 Å². The van der Waals surface area contributed by atoms with Gasteiger partial charge in [-0.05, 0) is 51.7 Å². The van der Waals surface area contributed by atoms with Crippen LogP contribution in [0.4, 0.5) is 5.69 Å². The van der Waals surface area contributed by atoms with Gasteiger partial charge in [0.2, 0.25) is 5.91 Å². The predicted octanol–water partition coefficient (Wildman–Crippen LogP) is 2.17. The highest BCUT2D eigenvalue weighted by Crippen LogP contribution is 2.28. The molecule has 0 aliphatic heterocycles. The van der Waals surface area contributed by atoms with Crippen LogP contribution >= 0.6 is 11.8 Å². The molecular weight excluding hydrogens is 396 g/mol. The first kappa shape index (κ1) is 22.6. The Balaban J connectivity index is 1.69. The van der Waals surface area contributed by atoms with Crippen molar-refractivity contribution in [3.05, 3.63) is 52.1 Å². The minimum absolute atomic E-state index is 0.0797. The van der Waals surface area contributed by atoms with Crippen LogP contribution in [0.3, 0.4) is 0 Å². The van der Waals surface area contributed by atoms with Crippen molar-refractivity contribution in [2.75, 3.05) is 30.7 Å². The molecule has 0 saturated heterocycles. The SMILES string of the molecule is CC[NH+](CC)CCCn1c2c(c(SCC(=O)Nc3ccccc3)nc1=O)CCCC2. The molecule has 0 radical (unpaired) electrons. The maximum absolute atomic E-state index is 12.8. The largest absolute Gasteiger partial charge is 0.348 e. The second-order valence-electron chi connectivity index (χ2n) is 7.75. The van der Waals surface area contributed by atoms with Crippen molar-refractivity contribution in [1.82, 2.24) is 9.55 Å². The van der Waals surface area contributed by atoms with Crippen LogP contribution in [0, 0.1) is 0 Å². The number of nitrogens with one attached hydrogen (secondary N) is 2. The number of aromatic nitrogens is 2. The van der Waals surface area contributed by atoms with Crippen LogP contribution in [0.2, 0.25) is 0 Å². The van der Waals surface area contributed by atoms with E-state index >= 15 is 0 Å². The van der Waals surface area contributed by atoms with Crippen LogP contribution in [0.1, 0.15) is 44.4 Å². The van der Waals surface area contributed by atoms with E-state index in [0.29, 0.717) is 0 Å². The average Bonchev–Trinajstić information content (AvgIpc) is 2.77. The normalized spacial score (nSPS) is 13.3. The molecule has 0 unspecified atom stereocenters. The van der Waals surface area contributed by atoms with Gasteiger partial charge >= 0.3 is 5.69 Å².